The van der Waals surface area contributed by atoms with E-state index in [0.29, 0.717) is 43.2 Å². The summed E-state index contributed by atoms with van der Waals surface area (Å²) in [6, 6.07) is -31.7. The van der Waals surface area contributed by atoms with E-state index < -0.39 is 331 Å². The van der Waals surface area contributed by atoms with Crippen LogP contribution in [0.1, 0.15) is 144 Å². The number of aromatic amines is 1. The molecule has 2 bridgehead atoms. The third kappa shape index (κ3) is 34.1. The van der Waals surface area contributed by atoms with Gasteiger partial charge in [-0.25, -0.2) is 4.98 Å². The van der Waals surface area contributed by atoms with Crippen molar-refractivity contribution in [2.75, 3.05) is 55.8 Å². The highest BCUT2D eigenvalue weighted by molar-refractivity contribution is 8.77. The first-order valence-corrected chi connectivity index (χ1v) is 48.8. The van der Waals surface area contributed by atoms with E-state index in [1.165, 1.54) is 47.1 Å². The summed E-state index contributed by atoms with van der Waals surface area (Å²) in [5.41, 5.74) is 34.4. The van der Waals surface area contributed by atoms with Gasteiger partial charge in [0.2, 0.25) is 124 Å². The number of hydrogen-bond donors (Lipinski definition) is 26. The lowest BCUT2D eigenvalue weighted by Gasteiger charge is -2.32. The standard InChI is InChI=1S/C79H125N27O25S4/c1-8-36(6)59-74(127)96-46(61(84)114)29-132-133-30-47-66(119)95-45(28-107)65(118)94-43(25-55(83)111)77(130)106-22-12-16-52(106)71(124)100-57(34(2)3)73(126)99-49(32-135-134-31-48(67(120)97-47)98-70(123)51-15-11-21-105(51)78(131)44(26-56(112)113)92-62(115)39(80)13-9-19-88-79(85)86)68(121)103-60(37(7)108)75(128)101-58(35(4)5)72(125)91-41(23-38-27-87-33-89-38)64(117)93-42(24-54(82)110)76(129)104-20-10-14-50(104)69(122)90-40(63(116)102-59)17-18-53(81)109/h27,33-37,39-52,57-60,107-108H,8-26,28-32,80H2,1-7H3,(H2,81,109)(H2,82,110)(H2,83,111)(H2,84,114)(H,87,89)(H,90,122)(H,91,125)(H,92,115)(H,93,117)(H,94,118)(H,95,119)(H,96,127)(H,97,120)(H,98,123)(H,99,126)(H,100,124)(H,101,128)(H,102,116)(H,103,121)(H,112,113)(H4,85,86,88)/t36-,37+,39-,40?,41?,42-,43-,44-,45-,46-,47-,48-,49-,50-,51-,52-,57-,58?,59?,60-/m0/s1. The lowest BCUT2D eigenvalue weighted by Crippen LogP contribution is -2.63. The van der Waals surface area contributed by atoms with Crippen molar-refractivity contribution >= 4 is 179 Å². The molecule has 32 N–H and O–H groups in total. The number of aliphatic carboxylic acids is 1. The molecule has 0 aromatic carbocycles. The summed E-state index contributed by atoms with van der Waals surface area (Å²) in [5.74, 6) is -31.0. The zero-order valence-corrected chi connectivity index (χ0v) is 78.8. The summed E-state index contributed by atoms with van der Waals surface area (Å²) in [6.07, 6.45) is -3.69. The second-order valence-electron chi connectivity index (χ2n) is 33.8. The number of rotatable bonds is 27. The number of aliphatic hydroxyl groups excluding tert-OH is 2. The summed E-state index contributed by atoms with van der Waals surface area (Å²) < 4.78 is 0. The number of likely N-dealkylation sites (tertiary alicyclic amines) is 1. The number of hydrogen-bond acceptors (Lipinski definition) is 31. The van der Waals surface area contributed by atoms with Crippen LogP contribution in [-0.4, -0.2) is 347 Å². The topological polar surface area (TPSA) is 835 Å². The molecule has 20 atom stereocenters. The Morgan fingerprint density at radius 2 is 1.02 bits per heavy atom. The number of aromatic nitrogens is 2. The Morgan fingerprint density at radius 1 is 0.548 bits per heavy atom. The van der Waals surface area contributed by atoms with Gasteiger partial charge in [0.05, 0.1) is 44.3 Å². The summed E-state index contributed by atoms with van der Waals surface area (Å²) in [5, 5.41) is 76.9. The predicted molar refractivity (Wildman–Crippen MR) is 486 cm³/mol. The molecule has 0 aliphatic carbocycles. The number of carbonyl (C=O) groups is 22. The molecule has 6 rings (SSSR count). The van der Waals surface area contributed by atoms with Gasteiger partial charge >= 0.3 is 5.97 Å². The van der Waals surface area contributed by atoms with Crippen molar-refractivity contribution < 1.29 is 121 Å². The first kappa shape index (κ1) is 112. The zero-order chi connectivity index (χ0) is 101. The molecule has 6 heterocycles. The number of primary amides is 4. The molecule has 0 spiro atoms. The van der Waals surface area contributed by atoms with E-state index in [-0.39, 0.29) is 95.6 Å². The van der Waals surface area contributed by atoms with Gasteiger partial charge in [0.25, 0.3) is 0 Å². The molecule has 5 saturated heterocycles. The van der Waals surface area contributed by atoms with Gasteiger partial charge in [0.15, 0.2) is 5.96 Å². The van der Waals surface area contributed by atoms with Crippen molar-refractivity contribution in [2.24, 2.45) is 52.2 Å². The Balaban J connectivity index is 1.54. The molecule has 135 heavy (non-hydrogen) atoms. The van der Waals surface area contributed by atoms with Gasteiger partial charge in [-0.15, -0.1) is 0 Å². The molecule has 21 amide bonds. The van der Waals surface area contributed by atoms with Crippen molar-refractivity contribution in [1.82, 2.24) is 104 Å². The number of nitrogens with zero attached hydrogens (tertiary/aromatic N) is 4. The van der Waals surface area contributed by atoms with Gasteiger partial charge in [-0.1, -0.05) is 91.1 Å². The fraction of sp³-hybridized carbons (Fsp3) is 0.671. The third-order valence-electron chi connectivity index (χ3n) is 22.6. The average Bonchev–Trinajstić information content (AvgIpc) is 1.73. The lowest BCUT2D eigenvalue weighted by atomic mass is 9.97. The van der Waals surface area contributed by atoms with E-state index in [1.54, 1.807) is 6.92 Å². The van der Waals surface area contributed by atoms with Crippen molar-refractivity contribution in [3.63, 3.8) is 0 Å². The molecule has 5 aliphatic heterocycles. The normalized spacial score (nSPS) is 27.2. The van der Waals surface area contributed by atoms with Crippen LogP contribution in [-0.2, 0) is 112 Å². The number of nitrogens with two attached hydrogens (primary N) is 6. The Hall–Kier alpha value is -11.9. The third-order valence-corrected chi connectivity index (χ3v) is 27.5. The highest BCUT2D eigenvalue weighted by atomic mass is 33.1. The second-order valence-corrected chi connectivity index (χ2v) is 38.9. The molecule has 0 radical (unpaired) electrons. The lowest BCUT2D eigenvalue weighted by molar-refractivity contribution is -0.146. The van der Waals surface area contributed by atoms with E-state index >= 15 is 24.0 Å². The minimum Gasteiger partial charge on any atom is -0.481 e. The van der Waals surface area contributed by atoms with Gasteiger partial charge in [-0.2, -0.15) is 0 Å². The van der Waals surface area contributed by atoms with Crippen LogP contribution in [0.3, 0.4) is 0 Å². The Labute approximate surface area is 791 Å². The van der Waals surface area contributed by atoms with Crippen LogP contribution >= 0.6 is 43.2 Å². The molecule has 0 saturated carbocycles. The fourth-order valence-electron chi connectivity index (χ4n) is 15.0. The zero-order valence-electron chi connectivity index (χ0n) is 75.5. The van der Waals surface area contributed by atoms with Gasteiger partial charge in [-0.3, -0.25) is 111 Å². The Kier molecular flexibility index (Phi) is 44.7. The number of amides is 21. The molecule has 4 unspecified atom stereocenters. The SMILES string of the molecule is CC[C@H](C)C1NC(=O)C(CCC(N)=O)NC(=O)[C@@H]2CCCN2C(=O)[C@H](CC(N)=O)NC(=O)C(Cc2cnc[nH]2)NC(=O)C(C(C)C)NC(=O)[C@H]([C@@H](C)O)NC(=O)[C@@H]2CSSC[C@H](NC(=O)[C@@H]3CCCN3C(=O)[C@H](CC(=O)O)NC(=O)[C@@H](N)CCCNC(=N)N)C(=O)N[C@@H](CSSC[C@@H](C(N)=O)NC1=O)C(=O)N[C@@H](CO)C(=O)N[C@@H](CC(N)=O)C(=O)N1CCC[C@H]1C(=O)N[C@@H](C(C)C)C(=O)N2. The number of fused-ring (bicyclic) bond motifs is 10. The van der Waals surface area contributed by atoms with Crippen LogP contribution in [0.2, 0.25) is 0 Å². The minimum absolute atomic E-state index is 0.0485. The highest BCUT2D eigenvalue weighted by Crippen LogP contribution is 2.29. The summed E-state index contributed by atoms with van der Waals surface area (Å²) in [7, 11) is 2.74. The minimum atomic E-state index is -2.10. The number of nitrogens with one attached hydrogen (secondary N) is 17. The number of carbonyl (C=O) groups excluding carboxylic acids is 21. The maximum atomic E-state index is 15.5. The van der Waals surface area contributed by atoms with Gasteiger partial charge < -0.3 is 149 Å². The van der Waals surface area contributed by atoms with E-state index in [0.717, 1.165) is 21.6 Å². The second kappa shape index (κ2) is 54.0. The van der Waals surface area contributed by atoms with Crippen LogP contribution < -0.4 is 114 Å². The molecule has 1 aromatic rings. The molecular formula is C79H125N27O25S4. The van der Waals surface area contributed by atoms with Gasteiger partial charge in [-0.05, 0) is 82.5 Å². The summed E-state index contributed by atoms with van der Waals surface area (Å²) in [4.78, 5) is 325. The van der Waals surface area contributed by atoms with Crippen molar-refractivity contribution in [2.45, 2.75) is 260 Å². The Morgan fingerprint density at radius 3 is 1.54 bits per heavy atom. The van der Waals surface area contributed by atoms with E-state index in [2.05, 4.69) is 89.7 Å². The maximum Gasteiger partial charge on any atom is 0.305 e. The van der Waals surface area contributed by atoms with Crippen LogP contribution in [0.25, 0.3) is 0 Å². The van der Waals surface area contributed by atoms with E-state index in [1.807, 2.05) is 0 Å². The number of guanidine groups is 1. The van der Waals surface area contributed by atoms with Gasteiger partial charge in [0.1, 0.15) is 103 Å². The summed E-state index contributed by atoms with van der Waals surface area (Å²) in [6.45, 7) is 8.22. The quantitative estimate of drug-likeness (QED) is 0.0168. The molecule has 1 aromatic heterocycles. The van der Waals surface area contributed by atoms with Crippen molar-refractivity contribution in [1.29, 1.82) is 5.41 Å². The molecular weight excluding hydrogens is 1860 g/mol. The molecule has 56 heteroatoms. The number of carboxylic acid groups (broad SMARTS) is 1. The van der Waals surface area contributed by atoms with Crippen LogP contribution in [0.15, 0.2) is 12.5 Å². The Bertz CT molecular complexity index is 4480. The van der Waals surface area contributed by atoms with Crippen molar-refractivity contribution in [3.8, 4) is 0 Å². The maximum absolute atomic E-state index is 15.5. The molecule has 5 aliphatic rings. The van der Waals surface area contributed by atoms with Crippen LogP contribution in [0, 0.1) is 23.2 Å². The van der Waals surface area contributed by atoms with Gasteiger partial charge in [0, 0.05) is 73.9 Å². The first-order valence-electron chi connectivity index (χ1n) is 43.8. The molecule has 750 valence electrons. The smallest absolute Gasteiger partial charge is 0.305 e. The average molecular weight is 1980 g/mol. The largest absolute Gasteiger partial charge is 0.481 e. The van der Waals surface area contributed by atoms with E-state index in [9.17, 15) is 96.8 Å². The monoisotopic (exact) mass is 1980 g/mol. The predicted octanol–water partition coefficient (Wildman–Crippen LogP) is -11.2. The number of carboxylic acids is 1. The molecule has 5 fully saturated rings. The first-order chi connectivity index (χ1) is 63.7. The van der Waals surface area contributed by atoms with E-state index in [4.69, 9.17) is 39.8 Å². The van der Waals surface area contributed by atoms with Crippen LogP contribution in [0.5, 0.6) is 0 Å². The summed E-state index contributed by atoms with van der Waals surface area (Å²) >= 11 is 0. The fourth-order valence-corrected chi connectivity index (χ4v) is 19.7. The highest BCUT2D eigenvalue weighted by Gasteiger charge is 2.47. The number of imidazole rings is 1. The number of aliphatic hydroxyl groups is 2. The van der Waals surface area contributed by atoms with Crippen LogP contribution in [0.4, 0.5) is 0 Å². The number of H-pyrrole nitrogens is 1. The van der Waals surface area contributed by atoms with Crippen molar-refractivity contribution in [3.05, 3.63) is 18.2 Å². The molecule has 52 nitrogen and oxygen atoms in total.